The quantitative estimate of drug-likeness (QED) is 0.859. The first-order valence-corrected chi connectivity index (χ1v) is 7.85. The van der Waals surface area contributed by atoms with Crippen molar-refractivity contribution >= 4 is 0 Å². The fraction of sp³-hybridized carbons (Fsp3) is 1.00. The summed E-state index contributed by atoms with van der Waals surface area (Å²) in [6.07, 6.45) is 0.525. The van der Waals surface area contributed by atoms with Gasteiger partial charge in [0, 0.05) is 12.6 Å². The number of hydrogen-bond donors (Lipinski definition) is 1. The average Bonchev–Trinajstić information content (AvgIpc) is 2.37. The van der Waals surface area contributed by atoms with E-state index >= 15 is 0 Å². The van der Waals surface area contributed by atoms with Crippen LogP contribution in [0.2, 0.25) is 0 Å². The summed E-state index contributed by atoms with van der Waals surface area (Å²) in [5.74, 6) is -0.615. The predicted octanol–water partition coefficient (Wildman–Crippen LogP) is 3.59. The maximum Gasteiger partial charge on any atom is 0.391 e. The van der Waals surface area contributed by atoms with E-state index in [0.717, 1.165) is 45.2 Å². The Morgan fingerprint density at radius 2 is 1.75 bits per heavy atom. The van der Waals surface area contributed by atoms with Gasteiger partial charge in [0.1, 0.15) is 0 Å². The van der Waals surface area contributed by atoms with E-state index in [1.807, 2.05) is 0 Å². The Hall–Kier alpha value is -0.290. The SMILES string of the molecule is CC1CC(O)CCN1CCC1CCC(C(F)(F)F)CC1. The van der Waals surface area contributed by atoms with Crippen molar-refractivity contribution in [1.29, 1.82) is 0 Å². The van der Waals surface area contributed by atoms with Crippen LogP contribution in [0, 0.1) is 11.8 Å². The van der Waals surface area contributed by atoms with Crippen LogP contribution in [0.5, 0.6) is 0 Å². The van der Waals surface area contributed by atoms with Gasteiger partial charge in [-0.05, 0) is 64.3 Å². The van der Waals surface area contributed by atoms with Crippen LogP contribution >= 0.6 is 0 Å². The van der Waals surface area contributed by atoms with Gasteiger partial charge in [0.2, 0.25) is 0 Å². The summed E-state index contributed by atoms with van der Waals surface area (Å²) < 4.78 is 37.8. The number of alkyl halides is 3. The first-order valence-electron chi connectivity index (χ1n) is 7.85. The van der Waals surface area contributed by atoms with Crippen LogP contribution in [0.4, 0.5) is 13.2 Å². The van der Waals surface area contributed by atoms with Gasteiger partial charge in [-0.3, -0.25) is 0 Å². The zero-order valence-corrected chi connectivity index (χ0v) is 12.2. The molecule has 1 saturated heterocycles. The number of likely N-dealkylation sites (tertiary alicyclic amines) is 1. The minimum atomic E-state index is -4.00. The molecule has 0 spiro atoms. The monoisotopic (exact) mass is 293 g/mol. The predicted molar refractivity (Wildman–Crippen MR) is 72.4 cm³/mol. The first-order chi connectivity index (χ1) is 9.36. The van der Waals surface area contributed by atoms with Crippen molar-refractivity contribution < 1.29 is 18.3 Å². The Bertz CT molecular complexity index is 300. The van der Waals surface area contributed by atoms with Gasteiger partial charge in [-0.15, -0.1) is 0 Å². The molecule has 0 aromatic rings. The molecule has 0 amide bonds. The Kier molecular flexibility index (Phi) is 5.35. The van der Waals surface area contributed by atoms with E-state index in [-0.39, 0.29) is 6.10 Å². The summed E-state index contributed by atoms with van der Waals surface area (Å²) >= 11 is 0. The zero-order chi connectivity index (χ0) is 14.8. The van der Waals surface area contributed by atoms with E-state index < -0.39 is 12.1 Å². The molecule has 1 aliphatic heterocycles. The molecular weight excluding hydrogens is 267 g/mol. The lowest BCUT2D eigenvalue weighted by molar-refractivity contribution is -0.184. The number of aliphatic hydroxyl groups excluding tert-OH is 1. The largest absolute Gasteiger partial charge is 0.393 e. The molecule has 2 fully saturated rings. The summed E-state index contributed by atoms with van der Waals surface area (Å²) in [4.78, 5) is 2.38. The van der Waals surface area contributed by atoms with Crippen LogP contribution in [-0.2, 0) is 0 Å². The number of aliphatic hydroxyl groups is 1. The Balaban J connectivity index is 1.69. The van der Waals surface area contributed by atoms with E-state index in [1.54, 1.807) is 0 Å². The van der Waals surface area contributed by atoms with Gasteiger partial charge < -0.3 is 10.0 Å². The van der Waals surface area contributed by atoms with Crippen molar-refractivity contribution in [3.8, 4) is 0 Å². The van der Waals surface area contributed by atoms with Crippen LogP contribution in [0.25, 0.3) is 0 Å². The molecule has 1 N–H and O–H groups in total. The summed E-state index contributed by atoms with van der Waals surface area (Å²) in [5, 5.41) is 9.59. The second-order valence-corrected chi connectivity index (χ2v) is 6.61. The molecule has 2 rings (SSSR count). The van der Waals surface area contributed by atoms with Gasteiger partial charge in [0.05, 0.1) is 12.0 Å². The second kappa shape index (κ2) is 6.65. The van der Waals surface area contributed by atoms with Crippen LogP contribution in [-0.4, -0.2) is 41.4 Å². The second-order valence-electron chi connectivity index (χ2n) is 6.61. The van der Waals surface area contributed by atoms with Crippen molar-refractivity contribution in [2.24, 2.45) is 11.8 Å². The first kappa shape index (κ1) is 16.1. The number of nitrogens with zero attached hydrogens (tertiary/aromatic N) is 1. The molecule has 1 saturated carbocycles. The number of halogens is 3. The summed E-state index contributed by atoms with van der Waals surface area (Å²) in [6.45, 7) is 4.01. The molecule has 20 heavy (non-hydrogen) atoms. The molecule has 0 aromatic carbocycles. The molecule has 5 heteroatoms. The van der Waals surface area contributed by atoms with Gasteiger partial charge in [0.15, 0.2) is 0 Å². The Morgan fingerprint density at radius 1 is 1.10 bits per heavy atom. The molecule has 1 heterocycles. The molecule has 2 atom stereocenters. The van der Waals surface area contributed by atoms with E-state index in [1.165, 1.54) is 0 Å². The van der Waals surface area contributed by atoms with Gasteiger partial charge in [-0.2, -0.15) is 13.2 Å². The molecule has 0 bridgehead atoms. The Morgan fingerprint density at radius 3 is 2.30 bits per heavy atom. The highest BCUT2D eigenvalue weighted by molar-refractivity contribution is 4.81. The lowest BCUT2D eigenvalue weighted by Gasteiger charge is -2.37. The van der Waals surface area contributed by atoms with Crippen LogP contribution in [0.3, 0.4) is 0 Å². The minimum Gasteiger partial charge on any atom is -0.393 e. The van der Waals surface area contributed by atoms with Crippen LogP contribution in [0.1, 0.15) is 51.9 Å². The molecule has 118 valence electrons. The zero-order valence-electron chi connectivity index (χ0n) is 12.2. The lowest BCUT2D eigenvalue weighted by Crippen LogP contribution is -2.43. The maximum atomic E-state index is 12.6. The third kappa shape index (κ3) is 4.35. The van der Waals surface area contributed by atoms with Crippen molar-refractivity contribution in [3.63, 3.8) is 0 Å². The molecule has 0 radical (unpaired) electrons. The minimum absolute atomic E-state index is 0.177. The topological polar surface area (TPSA) is 23.5 Å². The van der Waals surface area contributed by atoms with E-state index in [0.29, 0.717) is 24.8 Å². The van der Waals surface area contributed by atoms with Gasteiger partial charge in [-0.1, -0.05) is 0 Å². The number of hydrogen-bond acceptors (Lipinski definition) is 2. The molecule has 1 aliphatic carbocycles. The van der Waals surface area contributed by atoms with E-state index in [2.05, 4.69) is 11.8 Å². The Labute approximate surface area is 119 Å². The summed E-state index contributed by atoms with van der Waals surface area (Å²) in [6, 6.07) is 0.394. The highest BCUT2D eigenvalue weighted by atomic mass is 19.4. The van der Waals surface area contributed by atoms with Crippen molar-refractivity contribution in [2.45, 2.75) is 70.2 Å². The smallest absolute Gasteiger partial charge is 0.391 e. The summed E-state index contributed by atoms with van der Waals surface area (Å²) in [7, 11) is 0. The molecule has 2 unspecified atom stereocenters. The maximum absolute atomic E-state index is 12.6. The third-order valence-electron chi connectivity index (χ3n) is 5.12. The van der Waals surface area contributed by atoms with E-state index in [4.69, 9.17) is 0 Å². The normalized spacial score (nSPS) is 37.0. The lowest BCUT2D eigenvalue weighted by atomic mass is 9.80. The van der Waals surface area contributed by atoms with Gasteiger partial charge >= 0.3 is 6.18 Å². The van der Waals surface area contributed by atoms with Crippen LogP contribution in [0.15, 0.2) is 0 Å². The van der Waals surface area contributed by atoms with Crippen molar-refractivity contribution in [3.05, 3.63) is 0 Å². The van der Waals surface area contributed by atoms with Crippen molar-refractivity contribution in [1.82, 2.24) is 4.90 Å². The average molecular weight is 293 g/mol. The summed E-state index contributed by atoms with van der Waals surface area (Å²) in [5.41, 5.74) is 0. The van der Waals surface area contributed by atoms with Crippen LogP contribution < -0.4 is 0 Å². The number of rotatable bonds is 3. The molecule has 2 nitrogen and oxygen atoms in total. The fourth-order valence-corrected chi connectivity index (χ4v) is 3.65. The molecular formula is C15H26F3NO. The van der Waals surface area contributed by atoms with Gasteiger partial charge in [0.25, 0.3) is 0 Å². The highest BCUT2D eigenvalue weighted by Gasteiger charge is 2.41. The third-order valence-corrected chi connectivity index (χ3v) is 5.12. The standard InChI is InChI=1S/C15H26F3NO/c1-11-10-14(20)7-9-19(11)8-6-12-2-4-13(5-3-12)15(16,17)18/h11-14,20H,2-10H2,1H3. The number of piperidine rings is 1. The van der Waals surface area contributed by atoms with E-state index in [9.17, 15) is 18.3 Å². The highest BCUT2D eigenvalue weighted by Crippen LogP contribution is 2.40. The van der Waals surface area contributed by atoms with Gasteiger partial charge in [-0.25, -0.2) is 0 Å². The fourth-order valence-electron chi connectivity index (χ4n) is 3.65. The van der Waals surface area contributed by atoms with Crippen molar-refractivity contribution in [2.75, 3.05) is 13.1 Å². The molecule has 0 aromatic heterocycles. The molecule has 2 aliphatic rings.